The Bertz CT molecular complexity index is 325. The number of aliphatic imine (C=N–C) groups is 1. The van der Waals surface area contributed by atoms with E-state index in [0.717, 1.165) is 30.7 Å². The van der Waals surface area contributed by atoms with Gasteiger partial charge in [0, 0.05) is 31.3 Å². The first kappa shape index (κ1) is 17.3. The lowest BCUT2D eigenvalue weighted by Crippen LogP contribution is -2.33. The largest absolute Gasteiger partial charge is 0.364 e. The molecule has 0 saturated carbocycles. The van der Waals surface area contributed by atoms with Crippen molar-refractivity contribution < 1.29 is 4.79 Å². The summed E-state index contributed by atoms with van der Waals surface area (Å²) in [6.07, 6.45) is 2.99. The molecule has 0 spiro atoms. The first-order valence-electron chi connectivity index (χ1n) is 7.88. The number of nitrogens with zero attached hydrogens (tertiary/aromatic N) is 2. The predicted molar refractivity (Wildman–Crippen MR) is 88.3 cm³/mol. The van der Waals surface area contributed by atoms with Gasteiger partial charge in [0.25, 0.3) is 0 Å². The maximum Gasteiger partial charge on any atom is 0.224 e. The van der Waals surface area contributed by atoms with Gasteiger partial charge in [-0.2, -0.15) is 0 Å². The Kier molecular flexibility index (Phi) is 8.04. The highest BCUT2D eigenvalue weighted by molar-refractivity contribution is 8.14. The molecular weight excluding hydrogens is 270 g/mol. The summed E-state index contributed by atoms with van der Waals surface area (Å²) in [5.74, 6) is 0.975. The van der Waals surface area contributed by atoms with Crippen LogP contribution in [0.2, 0.25) is 0 Å². The summed E-state index contributed by atoms with van der Waals surface area (Å²) in [6.45, 7) is 11.7. The van der Waals surface area contributed by atoms with Crippen LogP contribution in [0.1, 0.15) is 47.0 Å². The van der Waals surface area contributed by atoms with E-state index >= 15 is 0 Å². The van der Waals surface area contributed by atoms with Crippen LogP contribution in [0.25, 0.3) is 0 Å². The summed E-state index contributed by atoms with van der Waals surface area (Å²) in [5.41, 5.74) is 0. The van der Waals surface area contributed by atoms with E-state index in [9.17, 15) is 4.79 Å². The SMILES string of the molecule is CCC(CC)C1CN=C(NCCC(=O)N(CC)CC)S1. The van der Waals surface area contributed by atoms with Crippen LogP contribution >= 0.6 is 11.8 Å². The van der Waals surface area contributed by atoms with Crippen LogP contribution in [0.3, 0.4) is 0 Å². The van der Waals surface area contributed by atoms with Crippen molar-refractivity contribution in [3.05, 3.63) is 0 Å². The Morgan fingerprint density at radius 2 is 2.00 bits per heavy atom. The minimum Gasteiger partial charge on any atom is -0.364 e. The average Bonchev–Trinajstić information content (AvgIpc) is 2.90. The van der Waals surface area contributed by atoms with Gasteiger partial charge < -0.3 is 10.2 Å². The van der Waals surface area contributed by atoms with Gasteiger partial charge in [-0.15, -0.1) is 0 Å². The van der Waals surface area contributed by atoms with Crippen molar-refractivity contribution in [3.8, 4) is 0 Å². The van der Waals surface area contributed by atoms with Crippen molar-refractivity contribution in [2.75, 3.05) is 26.2 Å². The molecule has 0 saturated heterocycles. The van der Waals surface area contributed by atoms with E-state index in [2.05, 4.69) is 24.2 Å². The number of rotatable bonds is 8. The molecule has 5 heteroatoms. The molecule has 1 aliphatic rings. The second-order valence-corrected chi connectivity index (χ2v) is 6.35. The summed E-state index contributed by atoms with van der Waals surface area (Å²) >= 11 is 1.85. The third-order valence-electron chi connectivity index (χ3n) is 3.98. The number of thioether (sulfide) groups is 1. The highest BCUT2D eigenvalue weighted by Gasteiger charge is 2.25. The quantitative estimate of drug-likeness (QED) is 0.749. The van der Waals surface area contributed by atoms with Gasteiger partial charge in [-0.25, -0.2) is 0 Å². The molecule has 0 radical (unpaired) electrons. The van der Waals surface area contributed by atoms with Gasteiger partial charge in [-0.1, -0.05) is 38.5 Å². The number of amides is 1. The standard InChI is InChI=1S/C15H29N3OS/c1-5-12(6-2)13-11-17-15(20-13)16-10-9-14(19)18(7-3)8-4/h12-13H,5-11H2,1-4H3,(H,16,17). The lowest BCUT2D eigenvalue weighted by molar-refractivity contribution is -0.130. The van der Waals surface area contributed by atoms with Gasteiger partial charge in [0.15, 0.2) is 5.17 Å². The molecule has 0 fully saturated rings. The fraction of sp³-hybridized carbons (Fsp3) is 0.867. The number of amidine groups is 1. The van der Waals surface area contributed by atoms with Gasteiger partial charge in [-0.3, -0.25) is 9.79 Å². The Balaban J connectivity index is 2.26. The van der Waals surface area contributed by atoms with Crippen LogP contribution in [0.4, 0.5) is 0 Å². The molecule has 0 aromatic rings. The Hall–Kier alpha value is -0.710. The monoisotopic (exact) mass is 299 g/mol. The van der Waals surface area contributed by atoms with Crippen molar-refractivity contribution in [2.24, 2.45) is 10.9 Å². The molecule has 0 aromatic carbocycles. The first-order chi connectivity index (χ1) is 9.65. The van der Waals surface area contributed by atoms with Gasteiger partial charge in [0.2, 0.25) is 5.91 Å². The number of hydrogen-bond acceptors (Lipinski definition) is 4. The topological polar surface area (TPSA) is 44.7 Å². The van der Waals surface area contributed by atoms with E-state index in [4.69, 9.17) is 0 Å². The van der Waals surface area contributed by atoms with Gasteiger partial charge in [-0.05, 0) is 19.8 Å². The first-order valence-corrected chi connectivity index (χ1v) is 8.76. The number of hydrogen-bond donors (Lipinski definition) is 1. The van der Waals surface area contributed by atoms with Crippen LogP contribution < -0.4 is 5.32 Å². The van der Waals surface area contributed by atoms with Crippen LogP contribution in [-0.4, -0.2) is 47.4 Å². The van der Waals surface area contributed by atoms with E-state index < -0.39 is 0 Å². The van der Waals surface area contributed by atoms with Crippen LogP contribution in [-0.2, 0) is 4.79 Å². The van der Waals surface area contributed by atoms with Crippen molar-refractivity contribution in [1.29, 1.82) is 0 Å². The average molecular weight is 299 g/mol. The second-order valence-electron chi connectivity index (χ2n) is 5.12. The molecule has 1 unspecified atom stereocenters. The van der Waals surface area contributed by atoms with Crippen molar-refractivity contribution in [3.63, 3.8) is 0 Å². The van der Waals surface area contributed by atoms with Crippen LogP contribution in [0.5, 0.6) is 0 Å². The highest BCUT2D eigenvalue weighted by atomic mass is 32.2. The fourth-order valence-corrected chi connectivity index (χ4v) is 3.91. The highest BCUT2D eigenvalue weighted by Crippen LogP contribution is 2.30. The number of carbonyl (C=O) groups excluding carboxylic acids is 1. The molecule has 0 bridgehead atoms. The maximum atomic E-state index is 11.9. The zero-order valence-electron chi connectivity index (χ0n) is 13.3. The molecule has 0 aliphatic carbocycles. The lowest BCUT2D eigenvalue weighted by atomic mass is 9.99. The zero-order chi connectivity index (χ0) is 15.0. The molecule has 0 aromatic heterocycles. The molecular formula is C15H29N3OS. The normalized spacial score (nSPS) is 18.2. The summed E-state index contributed by atoms with van der Waals surface area (Å²) in [7, 11) is 0. The van der Waals surface area contributed by atoms with E-state index in [1.165, 1.54) is 12.8 Å². The van der Waals surface area contributed by atoms with Crippen LogP contribution in [0.15, 0.2) is 4.99 Å². The van der Waals surface area contributed by atoms with Crippen molar-refractivity contribution in [1.82, 2.24) is 10.2 Å². The molecule has 1 N–H and O–H groups in total. The van der Waals surface area contributed by atoms with E-state index in [-0.39, 0.29) is 5.91 Å². The van der Waals surface area contributed by atoms with E-state index in [1.807, 2.05) is 30.5 Å². The third-order valence-corrected chi connectivity index (χ3v) is 5.32. The molecule has 1 rings (SSSR count). The van der Waals surface area contributed by atoms with Gasteiger partial charge in [0.1, 0.15) is 0 Å². The summed E-state index contributed by atoms with van der Waals surface area (Å²) in [5, 5.41) is 4.95. The maximum absolute atomic E-state index is 11.9. The minimum absolute atomic E-state index is 0.225. The molecule has 1 heterocycles. The molecule has 4 nitrogen and oxygen atoms in total. The molecule has 20 heavy (non-hydrogen) atoms. The van der Waals surface area contributed by atoms with E-state index in [0.29, 0.717) is 18.2 Å². The fourth-order valence-electron chi connectivity index (χ4n) is 2.56. The lowest BCUT2D eigenvalue weighted by Gasteiger charge is -2.19. The summed E-state index contributed by atoms with van der Waals surface area (Å²) in [4.78, 5) is 18.3. The number of nitrogens with one attached hydrogen (secondary N) is 1. The Morgan fingerprint density at radius 1 is 1.35 bits per heavy atom. The third kappa shape index (κ3) is 5.00. The molecule has 1 amide bonds. The molecule has 116 valence electrons. The van der Waals surface area contributed by atoms with Crippen LogP contribution in [0, 0.1) is 5.92 Å². The minimum atomic E-state index is 0.225. The molecule has 1 atom stereocenters. The predicted octanol–water partition coefficient (Wildman–Crippen LogP) is 2.74. The van der Waals surface area contributed by atoms with Crippen molar-refractivity contribution in [2.45, 2.75) is 52.2 Å². The summed E-state index contributed by atoms with van der Waals surface area (Å²) < 4.78 is 0. The van der Waals surface area contributed by atoms with Gasteiger partial charge in [0.05, 0.1) is 6.54 Å². The van der Waals surface area contributed by atoms with E-state index in [1.54, 1.807) is 0 Å². The molecule has 1 aliphatic heterocycles. The Labute approximate surface area is 127 Å². The smallest absolute Gasteiger partial charge is 0.224 e. The summed E-state index contributed by atoms with van der Waals surface area (Å²) in [6, 6.07) is 0. The zero-order valence-corrected chi connectivity index (χ0v) is 14.1. The van der Waals surface area contributed by atoms with Crippen molar-refractivity contribution >= 4 is 22.8 Å². The number of carbonyl (C=O) groups is 1. The Morgan fingerprint density at radius 3 is 2.55 bits per heavy atom. The second kappa shape index (κ2) is 9.27. The van der Waals surface area contributed by atoms with Gasteiger partial charge >= 0.3 is 0 Å².